The zero-order valence-electron chi connectivity index (χ0n) is 19.8. The minimum Gasteiger partial charge on any atom is -0.360 e. The summed E-state index contributed by atoms with van der Waals surface area (Å²) in [5, 5.41) is 10.6. The second-order valence-electron chi connectivity index (χ2n) is 9.13. The molecule has 3 aromatic rings. The van der Waals surface area contributed by atoms with E-state index in [0.717, 1.165) is 48.7 Å². The lowest BCUT2D eigenvalue weighted by molar-refractivity contribution is 0.0863. The summed E-state index contributed by atoms with van der Waals surface area (Å²) >= 11 is 6.14. The van der Waals surface area contributed by atoms with Gasteiger partial charge in [0.15, 0.2) is 0 Å². The summed E-state index contributed by atoms with van der Waals surface area (Å²) in [5.41, 5.74) is 2.64. The molecule has 5 rings (SSSR count). The molecule has 2 atom stereocenters. The molecule has 0 spiro atoms. The lowest BCUT2D eigenvalue weighted by atomic mass is 9.89. The van der Waals surface area contributed by atoms with E-state index < -0.39 is 0 Å². The molecule has 2 aromatic carbocycles. The molecular formula is C26H30ClN5O3S. The zero-order chi connectivity index (χ0) is 24.4. The van der Waals surface area contributed by atoms with E-state index in [1.807, 2.05) is 6.07 Å². The third-order valence-electron chi connectivity index (χ3n) is 6.81. The standard InChI is InChI=1S/C26H28ClN5O3.H2S/c27-20-15-29-23-14-17(8-11-19(20)23)25(34)31-22-5-2-1-4-21(22)30-24(33)16-6-9-18(10-7-16)32-13-3-12-28-26(32)35;/h6-11,14-15,21-22,29H,1-5,12-13H2,(H,28,35)(H,30,33)(H,31,34);1H2/t21-,22+;/m0./s1. The second kappa shape index (κ2) is 11.3. The number of rotatable bonds is 5. The summed E-state index contributed by atoms with van der Waals surface area (Å²) in [6, 6.07) is 12.0. The molecule has 4 N–H and O–H groups in total. The lowest BCUT2D eigenvalue weighted by Crippen LogP contribution is -2.53. The third-order valence-corrected chi connectivity index (χ3v) is 7.13. The van der Waals surface area contributed by atoms with Gasteiger partial charge in [-0.15, -0.1) is 0 Å². The average molecular weight is 528 g/mol. The first kappa shape index (κ1) is 25.9. The maximum atomic E-state index is 13.0. The SMILES string of the molecule is O=C(N[C@H]1CCCC[C@H]1NC(=O)c1ccc2c(Cl)c[nH]c2c1)c1ccc(N2CCCNC2=O)cc1.S. The zero-order valence-corrected chi connectivity index (χ0v) is 21.5. The van der Waals surface area contributed by atoms with Gasteiger partial charge in [-0.1, -0.05) is 30.5 Å². The van der Waals surface area contributed by atoms with Gasteiger partial charge in [-0.25, -0.2) is 4.79 Å². The Morgan fingerprint density at radius 2 is 1.56 bits per heavy atom. The fourth-order valence-corrected chi connectivity index (χ4v) is 5.10. The Hall–Kier alpha value is -3.17. The Kier molecular flexibility index (Phi) is 8.11. The van der Waals surface area contributed by atoms with Gasteiger partial charge < -0.3 is 20.9 Å². The van der Waals surface area contributed by atoms with Gasteiger partial charge in [0.05, 0.1) is 5.02 Å². The summed E-state index contributed by atoms with van der Waals surface area (Å²) < 4.78 is 0. The van der Waals surface area contributed by atoms with E-state index in [2.05, 4.69) is 20.9 Å². The molecule has 0 unspecified atom stereocenters. The molecule has 36 heavy (non-hydrogen) atoms. The highest BCUT2D eigenvalue weighted by Crippen LogP contribution is 2.25. The number of carbonyl (C=O) groups is 3. The first-order chi connectivity index (χ1) is 17.0. The van der Waals surface area contributed by atoms with E-state index in [4.69, 9.17) is 11.6 Å². The molecule has 2 heterocycles. The van der Waals surface area contributed by atoms with Gasteiger partial charge in [-0.05, 0) is 55.7 Å². The summed E-state index contributed by atoms with van der Waals surface area (Å²) in [6.45, 7) is 1.34. The van der Waals surface area contributed by atoms with E-state index in [1.165, 1.54) is 0 Å². The van der Waals surface area contributed by atoms with E-state index in [-0.39, 0.29) is 43.4 Å². The highest BCUT2D eigenvalue weighted by Gasteiger charge is 2.29. The van der Waals surface area contributed by atoms with Crippen molar-refractivity contribution in [3.63, 3.8) is 0 Å². The maximum absolute atomic E-state index is 13.0. The molecule has 1 aliphatic carbocycles. The van der Waals surface area contributed by atoms with Crippen LogP contribution >= 0.6 is 25.1 Å². The van der Waals surface area contributed by atoms with Gasteiger partial charge in [0.1, 0.15) is 0 Å². The Morgan fingerprint density at radius 1 is 0.917 bits per heavy atom. The predicted molar refractivity (Wildman–Crippen MR) is 146 cm³/mol. The molecule has 10 heteroatoms. The highest BCUT2D eigenvalue weighted by molar-refractivity contribution is 7.59. The van der Waals surface area contributed by atoms with Crippen LogP contribution in [0.2, 0.25) is 5.02 Å². The van der Waals surface area contributed by atoms with Crippen LogP contribution in [0.25, 0.3) is 10.9 Å². The number of aromatic amines is 1. The highest BCUT2D eigenvalue weighted by atomic mass is 35.5. The van der Waals surface area contributed by atoms with Crippen molar-refractivity contribution in [2.75, 3.05) is 18.0 Å². The normalized spacial score (nSPS) is 19.8. The van der Waals surface area contributed by atoms with Crippen molar-refractivity contribution in [3.8, 4) is 0 Å². The number of benzene rings is 2. The first-order valence-corrected chi connectivity index (χ1v) is 12.4. The molecule has 0 radical (unpaired) electrons. The molecule has 1 aliphatic heterocycles. The number of nitrogens with one attached hydrogen (secondary N) is 4. The molecule has 8 nitrogen and oxygen atoms in total. The van der Waals surface area contributed by atoms with Gasteiger partial charge in [0.25, 0.3) is 11.8 Å². The van der Waals surface area contributed by atoms with Crippen molar-refractivity contribution in [3.05, 3.63) is 64.8 Å². The second-order valence-corrected chi connectivity index (χ2v) is 9.53. The third kappa shape index (κ3) is 5.47. The quantitative estimate of drug-likeness (QED) is 0.397. The number of urea groups is 1. The number of hydrogen-bond acceptors (Lipinski definition) is 3. The van der Waals surface area contributed by atoms with E-state index in [1.54, 1.807) is 47.5 Å². The molecule has 2 fully saturated rings. The summed E-state index contributed by atoms with van der Waals surface area (Å²) in [5.74, 6) is -0.360. The van der Waals surface area contributed by atoms with Crippen LogP contribution in [0, 0.1) is 0 Å². The van der Waals surface area contributed by atoms with Crippen molar-refractivity contribution in [2.45, 2.75) is 44.2 Å². The van der Waals surface area contributed by atoms with Crippen molar-refractivity contribution in [1.29, 1.82) is 0 Å². The molecule has 0 bridgehead atoms. The van der Waals surface area contributed by atoms with E-state index >= 15 is 0 Å². The number of aromatic nitrogens is 1. The molecule has 1 saturated carbocycles. The maximum Gasteiger partial charge on any atom is 0.321 e. The van der Waals surface area contributed by atoms with Crippen LogP contribution in [0.5, 0.6) is 0 Å². The number of hydrogen-bond donors (Lipinski definition) is 4. The molecule has 4 amide bonds. The van der Waals surface area contributed by atoms with Crippen LogP contribution in [0.4, 0.5) is 10.5 Å². The fraction of sp³-hybridized carbons (Fsp3) is 0.346. The van der Waals surface area contributed by atoms with Crippen LogP contribution in [0.15, 0.2) is 48.7 Å². The Balaban J connectivity index is 0.00000304. The molecule has 2 aliphatic rings. The van der Waals surface area contributed by atoms with Crippen LogP contribution in [0.3, 0.4) is 0 Å². The molecular weight excluding hydrogens is 498 g/mol. The Labute approximate surface area is 221 Å². The van der Waals surface area contributed by atoms with Crippen LogP contribution < -0.4 is 20.9 Å². The van der Waals surface area contributed by atoms with Gasteiger partial charge in [-0.2, -0.15) is 13.5 Å². The largest absolute Gasteiger partial charge is 0.360 e. The number of anilines is 1. The minimum absolute atomic E-state index is 0. The number of halogens is 1. The van der Waals surface area contributed by atoms with Crippen molar-refractivity contribution in [1.82, 2.24) is 20.9 Å². The van der Waals surface area contributed by atoms with Gasteiger partial charge in [0, 0.05) is 59.1 Å². The fourth-order valence-electron chi connectivity index (χ4n) is 4.88. The van der Waals surface area contributed by atoms with Crippen molar-refractivity contribution < 1.29 is 14.4 Å². The number of nitrogens with zero attached hydrogens (tertiary/aromatic N) is 1. The smallest absolute Gasteiger partial charge is 0.321 e. The van der Waals surface area contributed by atoms with Gasteiger partial charge in [0.2, 0.25) is 0 Å². The number of carbonyl (C=O) groups excluding carboxylic acids is 3. The summed E-state index contributed by atoms with van der Waals surface area (Å²) in [7, 11) is 0. The number of fused-ring (bicyclic) bond motifs is 1. The van der Waals surface area contributed by atoms with E-state index in [9.17, 15) is 14.4 Å². The molecule has 190 valence electrons. The Morgan fingerprint density at radius 3 is 2.22 bits per heavy atom. The average Bonchev–Trinajstić information content (AvgIpc) is 3.25. The van der Waals surface area contributed by atoms with Crippen LogP contribution in [0.1, 0.15) is 52.8 Å². The summed E-state index contributed by atoms with van der Waals surface area (Å²) in [6.07, 6.45) is 6.18. The number of amides is 4. The predicted octanol–water partition coefficient (Wildman–Crippen LogP) is 4.32. The summed E-state index contributed by atoms with van der Waals surface area (Å²) in [4.78, 5) is 42.8. The van der Waals surface area contributed by atoms with Crippen molar-refractivity contribution in [2.24, 2.45) is 0 Å². The Bertz CT molecular complexity index is 1260. The minimum atomic E-state index is -0.187. The van der Waals surface area contributed by atoms with E-state index in [0.29, 0.717) is 29.2 Å². The molecule has 1 aromatic heterocycles. The van der Waals surface area contributed by atoms with Crippen molar-refractivity contribution >= 4 is 59.5 Å². The lowest BCUT2D eigenvalue weighted by Gasteiger charge is -2.33. The topological polar surface area (TPSA) is 106 Å². The van der Waals surface area contributed by atoms with Gasteiger partial charge in [-0.3, -0.25) is 14.5 Å². The molecule has 1 saturated heterocycles. The monoisotopic (exact) mass is 527 g/mol. The van der Waals surface area contributed by atoms with Gasteiger partial charge >= 0.3 is 6.03 Å². The number of H-pyrrole nitrogens is 1. The first-order valence-electron chi connectivity index (χ1n) is 12.0. The van der Waals surface area contributed by atoms with Crippen LogP contribution in [-0.4, -0.2) is 48.0 Å². The van der Waals surface area contributed by atoms with Crippen LogP contribution in [-0.2, 0) is 0 Å².